The minimum absolute atomic E-state index is 0.00806. The first-order valence-corrected chi connectivity index (χ1v) is 8.18. The summed E-state index contributed by atoms with van der Waals surface area (Å²) in [5, 5.41) is 18.2. The van der Waals surface area contributed by atoms with Crippen molar-refractivity contribution in [3.8, 4) is 0 Å². The van der Waals surface area contributed by atoms with Crippen LogP contribution in [0, 0.1) is 10.1 Å². The van der Waals surface area contributed by atoms with Crippen LogP contribution in [0.1, 0.15) is 6.42 Å². The number of hydrogen-bond donors (Lipinski definition) is 2. The first kappa shape index (κ1) is 17.6. The van der Waals surface area contributed by atoms with E-state index in [1.807, 2.05) is 24.3 Å². The molecule has 0 aliphatic heterocycles. The second-order valence-corrected chi connectivity index (χ2v) is 5.62. The minimum Gasteiger partial charge on any atom is -0.385 e. The zero-order chi connectivity index (χ0) is 18.4. The number of nitro groups is 1. The SMILES string of the molecule is COCCCNc1nc(Nc2cccc([N+](=O)[O-])c2)nc2ccccc12. The number of rotatable bonds is 8. The molecule has 0 unspecified atom stereocenters. The second kappa shape index (κ2) is 8.21. The average Bonchev–Trinajstić information content (AvgIpc) is 2.65. The Bertz CT molecular complexity index is 916. The lowest BCUT2D eigenvalue weighted by atomic mass is 10.2. The molecule has 26 heavy (non-hydrogen) atoms. The van der Waals surface area contributed by atoms with Crippen LogP contribution in [-0.4, -0.2) is 35.2 Å². The van der Waals surface area contributed by atoms with Gasteiger partial charge in [0.15, 0.2) is 0 Å². The molecule has 134 valence electrons. The summed E-state index contributed by atoms with van der Waals surface area (Å²) in [5.41, 5.74) is 1.35. The Morgan fingerprint density at radius 2 is 2.00 bits per heavy atom. The molecule has 2 aromatic carbocycles. The number of benzene rings is 2. The molecule has 0 saturated heterocycles. The standard InChI is InChI=1S/C18H19N5O3/c1-26-11-5-10-19-17-15-8-2-3-9-16(15)21-18(22-17)20-13-6-4-7-14(12-13)23(24)25/h2-4,6-9,12H,5,10-11H2,1H3,(H2,19,20,21,22). The molecule has 1 aromatic heterocycles. The van der Waals surface area contributed by atoms with E-state index < -0.39 is 4.92 Å². The number of para-hydroxylation sites is 1. The predicted molar refractivity (Wildman–Crippen MR) is 101 cm³/mol. The highest BCUT2D eigenvalue weighted by atomic mass is 16.6. The van der Waals surface area contributed by atoms with Crippen LogP contribution in [0.3, 0.4) is 0 Å². The van der Waals surface area contributed by atoms with E-state index in [9.17, 15) is 10.1 Å². The molecule has 0 saturated carbocycles. The van der Waals surface area contributed by atoms with Gasteiger partial charge >= 0.3 is 0 Å². The Balaban J connectivity index is 1.88. The highest BCUT2D eigenvalue weighted by Crippen LogP contribution is 2.25. The van der Waals surface area contributed by atoms with Gasteiger partial charge in [0.2, 0.25) is 5.95 Å². The maximum atomic E-state index is 10.9. The monoisotopic (exact) mass is 353 g/mol. The molecule has 3 aromatic rings. The van der Waals surface area contributed by atoms with Gasteiger partial charge in [0.25, 0.3) is 5.69 Å². The van der Waals surface area contributed by atoms with Crippen molar-refractivity contribution in [2.24, 2.45) is 0 Å². The number of fused-ring (bicyclic) bond motifs is 1. The van der Waals surface area contributed by atoms with Crippen LogP contribution in [0.4, 0.5) is 23.1 Å². The van der Waals surface area contributed by atoms with Gasteiger partial charge in [-0.05, 0) is 24.6 Å². The van der Waals surface area contributed by atoms with Gasteiger partial charge in [-0.2, -0.15) is 4.98 Å². The van der Waals surface area contributed by atoms with E-state index in [1.165, 1.54) is 12.1 Å². The Hall–Kier alpha value is -3.26. The summed E-state index contributed by atoms with van der Waals surface area (Å²) in [6.45, 7) is 1.37. The zero-order valence-corrected chi connectivity index (χ0v) is 14.3. The molecule has 2 N–H and O–H groups in total. The smallest absolute Gasteiger partial charge is 0.271 e. The summed E-state index contributed by atoms with van der Waals surface area (Å²) in [4.78, 5) is 19.5. The maximum absolute atomic E-state index is 10.9. The lowest BCUT2D eigenvalue weighted by Gasteiger charge is -2.11. The van der Waals surface area contributed by atoms with Crippen LogP contribution in [-0.2, 0) is 4.74 Å². The largest absolute Gasteiger partial charge is 0.385 e. The fourth-order valence-corrected chi connectivity index (χ4v) is 2.52. The van der Waals surface area contributed by atoms with Crippen molar-refractivity contribution in [2.45, 2.75) is 6.42 Å². The van der Waals surface area contributed by atoms with Crippen molar-refractivity contribution < 1.29 is 9.66 Å². The molecule has 0 bridgehead atoms. The molecule has 0 spiro atoms. The van der Waals surface area contributed by atoms with E-state index >= 15 is 0 Å². The van der Waals surface area contributed by atoms with E-state index in [0.717, 1.165) is 17.3 Å². The normalized spacial score (nSPS) is 10.7. The number of ether oxygens (including phenoxy) is 1. The lowest BCUT2D eigenvalue weighted by Crippen LogP contribution is -2.08. The lowest BCUT2D eigenvalue weighted by molar-refractivity contribution is -0.384. The number of nitrogens with one attached hydrogen (secondary N) is 2. The Morgan fingerprint density at radius 1 is 1.15 bits per heavy atom. The van der Waals surface area contributed by atoms with Crippen LogP contribution in [0.15, 0.2) is 48.5 Å². The highest BCUT2D eigenvalue weighted by molar-refractivity contribution is 5.90. The quantitative estimate of drug-likeness (QED) is 0.361. The molecule has 0 aliphatic rings. The maximum Gasteiger partial charge on any atom is 0.271 e. The molecule has 8 nitrogen and oxygen atoms in total. The molecule has 0 fully saturated rings. The Labute approximate surface area is 150 Å². The molecule has 3 rings (SSSR count). The van der Waals surface area contributed by atoms with E-state index in [1.54, 1.807) is 19.2 Å². The number of anilines is 3. The van der Waals surface area contributed by atoms with Crippen molar-refractivity contribution >= 4 is 34.0 Å². The molecule has 0 amide bonds. The predicted octanol–water partition coefficient (Wildman–Crippen LogP) is 3.73. The van der Waals surface area contributed by atoms with Crippen LogP contribution in [0.5, 0.6) is 0 Å². The van der Waals surface area contributed by atoms with Crippen molar-refractivity contribution in [1.29, 1.82) is 0 Å². The molecular weight excluding hydrogens is 334 g/mol. The van der Waals surface area contributed by atoms with Crippen LogP contribution < -0.4 is 10.6 Å². The van der Waals surface area contributed by atoms with E-state index in [0.29, 0.717) is 30.6 Å². The first-order valence-electron chi connectivity index (χ1n) is 8.18. The van der Waals surface area contributed by atoms with Gasteiger partial charge < -0.3 is 15.4 Å². The molecule has 1 heterocycles. The molecule has 0 atom stereocenters. The fraction of sp³-hybridized carbons (Fsp3) is 0.222. The molecule has 0 aliphatic carbocycles. The zero-order valence-electron chi connectivity index (χ0n) is 14.3. The fourth-order valence-electron chi connectivity index (χ4n) is 2.52. The number of aromatic nitrogens is 2. The summed E-state index contributed by atoms with van der Waals surface area (Å²) < 4.78 is 5.06. The van der Waals surface area contributed by atoms with Gasteiger partial charge in [0, 0.05) is 43.5 Å². The van der Waals surface area contributed by atoms with Gasteiger partial charge in [0.1, 0.15) is 5.82 Å². The Kier molecular flexibility index (Phi) is 5.55. The summed E-state index contributed by atoms with van der Waals surface area (Å²) in [6.07, 6.45) is 0.850. The van der Waals surface area contributed by atoms with Gasteiger partial charge in [-0.15, -0.1) is 0 Å². The average molecular weight is 353 g/mol. The van der Waals surface area contributed by atoms with Gasteiger partial charge in [0.05, 0.1) is 10.4 Å². The second-order valence-electron chi connectivity index (χ2n) is 5.62. The summed E-state index contributed by atoms with van der Waals surface area (Å²) >= 11 is 0. The highest BCUT2D eigenvalue weighted by Gasteiger charge is 2.10. The third-order valence-corrected chi connectivity index (χ3v) is 3.73. The van der Waals surface area contributed by atoms with E-state index in [2.05, 4.69) is 20.6 Å². The number of nitro benzene ring substituents is 1. The third kappa shape index (κ3) is 4.22. The third-order valence-electron chi connectivity index (χ3n) is 3.73. The molecule has 8 heteroatoms. The van der Waals surface area contributed by atoms with Crippen LogP contribution >= 0.6 is 0 Å². The van der Waals surface area contributed by atoms with Crippen LogP contribution in [0.2, 0.25) is 0 Å². The van der Waals surface area contributed by atoms with Gasteiger partial charge in [-0.3, -0.25) is 10.1 Å². The van der Waals surface area contributed by atoms with Crippen molar-refractivity contribution in [1.82, 2.24) is 9.97 Å². The summed E-state index contributed by atoms with van der Waals surface area (Å²) in [6, 6.07) is 13.9. The topological polar surface area (TPSA) is 102 Å². The number of methoxy groups -OCH3 is 1. The minimum atomic E-state index is -0.435. The Morgan fingerprint density at radius 3 is 2.81 bits per heavy atom. The van der Waals surface area contributed by atoms with Crippen molar-refractivity contribution in [3.63, 3.8) is 0 Å². The van der Waals surface area contributed by atoms with Gasteiger partial charge in [-0.25, -0.2) is 4.98 Å². The van der Waals surface area contributed by atoms with Crippen molar-refractivity contribution in [2.75, 3.05) is 30.9 Å². The van der Waals surface area contributed by atoms with E-state index in [-0.39, 0.29) is 5.69 Å². The van der Waals surface area contributed by atoms with E-state index in [4.69, 9.17) is 4.74 Å². The molecule has 0 radical (unpaired) electrons. The van der Waals surface area contributed by atoms with Crippen LogP contribution in [0.25, 0.3) is 10.9 Å². The number of hydrogen-bond acceptors (Lipinski definition) is 7. The number of nitrogens with zero attached hydrogens (tertiary/aromatic N) is 3. The summed E-state index contributed by atoms with van der Waals surface area (Å²) in [5.74, 6) is 1.08. The summed E-state index contributed by atoms with van der Waals surface area (Å²) in [7, 11) is 1.67. The first-order chi connectivity index (χ1) is 12.7. The van der Waals surface area contributed by atoms with Gasteiger partial charge in [-0.1, -0.05) is 18.2 Å². The van der Waals surface area contributed by atoms with Crippen molar-refractivity contribution in [3.05, 3.63) is 58.6 Å². The number of non-ortho nitro benzene ring substituents is 1. The molecular formula is C18H19N5O3.